The lowest BCUT2D eigenvalue weighted by molar-refractivity contribution is -0.139. The number of nitrogens with zero attached hydrogens (tertiary/aromatic N) is 2. The van der Waals surface area contributed by atoms with Crippen LogP contribution < -0.4 is 14.4 Å². The number of aryl methyl sites for hydroxylation is 2. The van der Waals surface area contributed by atoms with E-state index in [0.29, 0.717) is 11.4 Å². The lowest BCUT2D eigenvalue weighted by atomic mass is 9.95. The second-order valence-electron chi connectivity index (χ2n) is 9.90. The summed E-state index contributed by atoms with van der Waals surface area (Å²) < 4.78 is 32.2. The second kappa shape index (κ2) is 12.4. The van der Waals surface area contributed by atoms with Crippen molar-refractivity contribution in [3.05, 3.63) is 59.2 Å². The van der Waals surface area contributed by atoms with Crippen molar-refractivity contribution < 1.29 is 22.7 Å². The largest absolute Gasteiger partial charge is 0.497 e. The lowest BCUT2D eigenvalue weighted by Gasteiger charge is -2.33. The highest BCUT2D eigenvalue weighted by atomic mass is 32.2. The molecule has 9 heteroatoms. The highest BCUT2D eigenvalue weighted by Gasteiger charge is 2.32. The Morgan fingerprint density at radius 2 is 1.68 bits per heavy atom. The molecule has 1 N–H and O–H groups in total. The van der Waals surface area contributed by atoms with Crippen LogP contribution in [0.25, 0.3) is 0 Å². The van der Waals surface area contributed by atoms with Crippen LogP contribution in [-0.2, 0) is 26.2 Å². The molecule has 0 saturated heterocycles. The maximum atomic E-state index is 13.8. The van der Waals surface area contributed by atoms with E-state index in [1.165, 1.54) is 11.3 Å². The SMILES string of the molecule is COc1cccc(CN(C(=O)CN(c2c(C)cccc2C)S(C)(=O)=O)[C@H](C)C(=O)NC2CCCCC2)c1. The topological polar surface area (TPSA) is 96.0 Å². The average molecular weight is 530 g/mol. The fraction of sp³-hybridized carbons (Fsp3) is 0.500. The number of carbonyl (C=O) groups is 2. The summed E-state index contributed by atoms with van der Waals surface area (Å²) in [4.78, 5) is 28.5. The fourth-order valence-corrected chi connectivity index (χ4v) is 5.86. The van der Waals surface area contributed by atoms with E-state index in [4.69, 9.17) is 4.74 Å². The smallest absolute Gasteiger partial charge is 0.244 e. The van der Waals surface area contributed by atoms with Gasteiger partial charge in [-0.2, -0.15) is 0 Å². The Morgan fingerprint density at radius 1 is 1.05 bits per heavy atom. The van der Waals surface area contributed by atoms with E-state index in [1.807, 2.05) is 50.2 Å². The van der Waals surface area contributed by atoms with Gasteiger partial charge in [0.05, 0.1) is 19.1 Å². The Balaban J connectivity index is 1.92. The summed E-state index contributed by atoms with van der Waals surface area (Å²) >= 11 is 0. The van der Waals surface area contributed by atoms with Crippen LogP contribution in [0.15, 0.2) is 42.5 Å². The number of carbonyl (C=O) groups excluding carboxylic acids is 2. The number of sulfonamides is 1. The number of nitrogens with one attached hydrogen (secondary N) is 1. The van der Waals surface area contributed by atoms with E-state index < -0.39 is 28.5 Å². The first-order chi connectivity index (χ1) is 17.5. The van der Waals surface area contributed by atoms with Crippen molar-refractivity contribution in [3.63, 3.8) is 0 Å². The molecule has 1 atom stereocenters. The molecule has 0 spiro atoms. The standard InChI is InChI=1S/C28H39N3O5S/c1-20-11-9-12-21(2)27(20)31(37(5,34)35)19-26(32)30(18-23-13-10-16-25(17-23)36-4)22(3)28(33)29-24-14-7-6-8-15-24/h9-13,16-17,22,24H,6-8,14-15,18-19H2,1-5H3,(H,29,33)/t22-/m1/s1. The van der Waals surface area contributed by atoms with E-state index in [-0.39, 0.29) is 18.5 Å². The zero-order valence-corrected chi connectivity index (χ0v) is 23.3. The predicted molar refractivity (Wildman–Crippen MR) is 146 cm³/mol. The molecule has 0 heterocycles. The molecule has 1 aliphatic rings. The molecule has 0 radical (unpaired) electrons. The first kappa shape index (κ1) is 28.5. The normalized spacial score (nSPS) is 15.1. The highest BCUT2D eigenvalue weighted by Crippen LogP contribution is 2.27. The van der Waals surface area contributed by atoms with Gasteiger partial charge in [0, 0.05) is 12.6 Å². The van der Waals surface area contributed by atoms with Gasteiger partial charge in [0.2, 0.25) is 21.8 Å². The number of para-hydroxylation sites is 1. The van der Waals surface area contributed by atoms with Gasteiger partial charge in [-0.15, -0.1) is 0 Å². The van der Waals surface area contributed by atoms with Crippen molar-refractivity contribution >= 4 is 27.5 Å². The number of methoxy groups -OCH3 is 1. The number of hydrogen-bond acceptors (Lipinski definition) is 5. The zero-order chi connectivity index (χ0) is 27.2. The van der Waals surface area contributed by atoms with Crippen LogP contribution in [0.1, 0.15) is 55.7 Å². The highest BCUT2D eigenvalue weighted by molar-refractivity contribution is 7.92. The van der Waals surface area contributed by atoms with Gasteiger partial charge in [-0.3, -0.25) is 13.9 Å². The van der Waals surface area contributed by atoms with Crippen molar-refractivity contribution in [1.82, 2.24) is 10.2 Å². The van der Waals surface area contributed by atoms with Crippen LogP contribution in [0.4, 0.5) is 5.69 Å². The summed E-state index contributed by atoms with van der Waals surface area (Å²) in [5.74, 6) is -0.0548. The van der Waals surface area contributed by atoms with E-state index in [2.05, 4.69) is 5.32 Å². The molecule has 0 unspecified atom stereocenters. The van der Waals surface area contributed by atoms with Crippen molar-refractivity contribution in [2.75, 3.05) is 24.2 Å². The minimum atomic E-state index is -3.78. The number of amides is 2. The maximum absolute atomic E-state index is 13.8. The average Bonchev–Trinajstić information content (AvgIpc) is 2.86. The van der Waals surface area contributed by atoms with Crippen LogP contribution in [0.5, 0.6) is 5.75 Å². The molecule has 0 aromatic heterocycles. The quantitative estimate of drug-likeness (QED) is 0.503. The van der Waals surface area contributed by atoms with E-state index in [1.54, 1.807) is 20.1 Å². The summed E-state index contributed by atoms with van der Waals surface area (Å²) in [5.41, 5.74) is 2.77. The van der Waals surface area contributed by atoms with Gasteiger partial charge < -0.3 is 15.0 Å². The van der Waals surface area contributed by atoms with Crippen LogP contribution in [0.3, 0.4) is 0 Å². The van der Waals surface area contributed by atoms with Gasteiger partial charge in [-0.25, -0.2) is 8.42 Å². The van der Waals surface area contributed by atoms with Crippen molar-refractivity contribution in [2.45, 2.75) is 71.5 Å². The van der Waals surface area contributed by atoms with Crippen LogP contribution >= 0.6 is 0 Å². The Kier molecular flexibility index (Phi) is 9.59. The van der Waals surface area contributed by atoms with Crippen LogP contribution in [0, 0.1) is 13.8 Å². The van der Waals surface area contributed by atoms with E-state index in [0.717, 1.165) is 52.9 Å². The van der Waals surface area contributed by atoms with Crippen molar-refractivity contribution in [3.8, 4) is 5.75 Å². The molecule has 1 fully saturated rings. The molecule has 3 rings (SSSR count). The molecule has 2 amide bonds. The molecule has 202 valence electrons. The molecular weight excluding hydrogens is 490 g/mol. The number of rotatable bonds is 10. The Labute approximate surface area is 221 Å². The Hall–Kier alpha value is -3.07. The summed E-state index contributed by atoms with van der Waals surface area (Å²) in [6.45, 7) is 5.06. The minimum Gasteiger partial charge on any atom is -0.497 e. The first-order valence-corrected chi connectivity index (χ1v) is 14.6. The maximum Gasteiger partial charge on any atom is 0.244 e. The zero-order valence-electron chi connectivity index (χ0n) is 22.5. The molecule has 8 nitrogen and oxygen atoms in total. The monoisotopic (exact) mass is 529 g/mol. The Bertz CT molecular complexity index is 1190. The third-order valence-corrected chi connectivity index (χ3v) is 8.09. The van der Waals surface area contributed by atoms with Crippen molar-refractivity contribution in [1.29, 1.82) is 0 Å². The molecule has 2 aromatic rings. The van der Waals surface area contributed by atoms with Gasteiger partial charge >= 0.3 is 0 Å². The molecule has 0 aliphatic heterocycles. The van der Waals surface area contributed by atoms with Crippen LogP contribution in [0.2, 0.25) is 0 Å². The molecule has 1 saturated carbocycles. The fourth-order valence-electron chi connectivity index (χ4n) is 4.89. The number of ether oxygens (including phenoxy) is 1. The van der Waals surface area contributed by atoms with Crippen LogP contribution in [-0.4, -0.2) is 57.1 Å². The van der Waals surface area contributed by atoms with Crippen molar-refractivity contribution in [2.24, 2.45) is 0 Å². The number of anilines is 1. The first-order valence-electron chi connectivity index (χ1n) is 12.8. The van der Waals surface area contributed by atoms with E-state index in [9.17, 15) is 18.0 Å². The number of hydrogen-bond donors (Lipinski definition) is 1. The lowest BCUT2D eigenvalue weighted by Crippen LogP contribution is -2.53. The van der Waals surface area contributed by atoms with Gasteiger partial charge in [-0.1, -0.05) is 49.6 Å². The molecule has 1 aliphatic carbocycles. The molecule has 0 bridgehead atoms. The summed E-state index contributed by atoms with van der Waals surface area (Å²) in [6, 6.07) is 12.1. The second-order valence-corrected chi connectivity index (χ2v) is 11.8. The molecular formula is C28H39N3O5S. The Morgan fingerprint density at radius 3 is 2.27 bits per heavy atom. The van der Waals surface area contributed by atoms with Gasteiger partial charge in [-0.05, 0) is 62.4 Å². The van der Waals surface area contributed by atoms with E-state index >= 15 is 0 Å². The molecule has 2 aromatic carbocycles. The third-order valence-electron chi connectivity index (χ3n) is 6.97. The third kappa shape index (κ3) is 7.47. The van der Waals surface area contributed by atoms with Gasteiger partial charge in [0.1, 0.15) is 18.3 Å². The number of benzene rings is 2. The summed E-state index contributed by atoms with van der Waals surface area (Å²) in [6.07, 6.45) is 6.27. The predicted octanol–water partition coefficient (Wildman–Crippen LogP) is 3.94. The van der Waals surface area contributed by atoms with Gasteiger partial charge in [0.15, 0.2) is 0 Å². The minimum absolute atomic E-state index is 0.0969. The summed E-state index contributed by atoms with van der Waals surface area (Å²) in [5, 5.41) is 3.11. The van der Waals surface area contributed by atoms with Gasteiger partial charge in [0.25, 0.3) is 0 Å². The summed E-state index contributed by atoms with van der Waals surface area (Å²) in [7, 11) is -2.21. The molecule has 37 heavy (non-hydrogen) atoms.